The minimum Gasteiger partial charge on any atom is -0.496 e. The van der Waals surface area contributed by atoms with Crippen LogP contribution in [0.25, 0.3) is 10.9 Å². The van der Waals surface area contributed by atoms with Crippen molar-refractivity contribution in [2.24, 2.45) is 0 Å². The van der Waals surface area contributed by atoms with E-state index in [1.54, 1.807) is 35.1 Å². The van der Waals surface area contributed by atoms with Crippen LogP contribution in [0.4, 0.5) is 5.69 Å². The molecule has 0 amide bonds. The molecule has 1 aromatic heterocycles. The van der Waals surface area contributed by atoms with Crippen LogP contribution in [-0.2, 0) is 11.3 Å². The van der Waals surface area contributed by atoms with Crippen molar-refractivity contribution in [3.05, 3.63) is 63.8 Å². The average molecular weight is 341 g/mol. The topological polar surface area (TPSA) is 96.5 Å². The molecule has 0 spiro atoms. The molecule has 0 fully saturated rings. The highest BCUT2D eigenvalue weighted by Crippen LogP contribution is 2.24. The van der Waals surface area contributed by atoms with Crippen molar-refractivity contribution in [2.75, 3.05) is 14.2 Å². The van der Waals surface area contributed by atoms with Gasteiger partial charge in [0.05, 0.1) is 36.8 Å². The Balaban J connectivity index is 1.92. The highest BCUT2D eigenvalue weighted by Gasteiger charge is 2.13. The number of hydrogen-bond donors (Lipinski definition) is 0. The van der Waals surface area contributed by atoms with Crippen LogP contribution in [0.15, 0.2) is 42.6 Å². The molecule has 0 unspecified atom stereocenters. The van der Waals surface area contributed by atoms with Gasteiger partial charge in [0.25, 0.3) is 5.69 Å². The van der Waals surface area contributed by atoms with Crippen LogP contribution in [0.2, 0.25) is 0 Å². The first kappa shape index (κ1) is 16.4. The molecule has 0 atom stereocenters. The maximum absolute atomic E-state index is 11.6. The second-order valence-corrected chi connectivity index (χ2v) is 5.35. The van der Waals surface area contributed by atoms with E-state index in [1.165, 1.54) is 26.4 Å². The normalized spacial score (nSPS) is 10.6. The second kappa shape index (κ2) is 6.60. The van der Waals surface area contributed by atoms with Crippen LogP contribution in [0, 0.1) is 10.1 Å². The second-order valence-electron chi connectivity index (χ2n) is 5.35. The van der Waals surface area contributed by atoms with E-state index in [4.69, 9.17) is 9.47 Å². The Hall–Kier alpha value is -3.42. The van der Waals surface area contributed by atoms with Crippen LogP contribution < -0.4 is 4.74 Å². The van der Waals surface area contributed by atoms with E-state index in [0.717, 1.165) is 5.56 Å². The molecule has 0 aliphatic heterocycles. The maximum atomic E-state index is 11.6. The van der Waals surface area contributed by atoms with E-state index >= 15 is 0 Å². The van der Waals surface area contributed by atoms with Gasteiger partial charge in [-0.3, -0.25) is 14.8 Å². The fourth-order valence-electron chi connectivity index (χ4n) is 2.55. The smallest absolute Gasteiger partial charge is 0.337 e. The van der Waals surface area contributed by atoms with Gasteiger partial charge in [0.15, 0.2) is 0 Å². The molecule has 0 bridgehead atoms. The molecule has 0 saturated carbocycles. The van der Waals surface area contributed by atoms with E-state index in [0.29, 0.717) is 28.8 Å². The number of hydrogen-bond acceptors (Lipinski definition) is 6. The molecule has 3 rings (SSSR count). The van der Waals surface area contributed by atoms with Crippen molar-refractivity contribution in [3.8, 4) is 5.75 Å². The Labute approximate surface area is 142 Å². The number of ether oxygens (including phenoxy) is 2. The van der Waals surface area contributed by atoms with Crippen LogP contribution in [0.5, 0.6) is 5.75 Å². The molecule has 0 aliphatic rings. The summed E-state index contributed by atoms with van der Waals surface area (Å²) in [5.74, 6) is 0.0930. The number of carbonyl (C=O) groups is 1. The van der Waals surface area contributed by atoms with Gasteiger partial charge in [-0.15, -0.1) is 0 Å². The van der Waals surface area contributed by atoms with Gasteiger partial charge in [-0.1, -0.05) is 6.07 Å². The van der Waals surface area contributed by atoms with Gasteiger partial charge in [0.2, 0.25) is 0 Å². The molecular formula is C17H15N3O5. The van der Waals surface area contributed by atoms with Crippen molar-refractivity contribution >= 4 is 22.6 Å². The summed E-state index contributed by atoms with van der Waals surface area (Å²) in [6.07, 6.45) is 1.73. The third-order valence-electron chi connectivity index (χ3n) is 3.79. The molecule has 25 heavy (non-hydrogen) atoms. The summed E-state index contributed by atoms with van der Waals surface area (Å²) >= 11 is 0. The number of non-ortho nitro benzene ring substituents is 1. The Morgan fingerprint density at radius 1 is 1.24 bits per heavy atom. The molecule has 128 valence electrons. The summed E-state index contributed by atoms with van der Waals surface area (Å²) in [6, 6.07) is 9.54. The van der Waals surface area contributed by atoms with Crippen molar-refractivity contribution < 1.29 is 19.2 Å². The summed E-state index contributed by atoms with van der Waals surface area (Å²) in [6.45, 7) is 0.396. The molecule has 0 N–H and O–H groups in total. The highest BCUT2D eigenvalue weighted by molar-refractivity contribution is 5.90. The van der Waals surface area contributed by atoms with Crippen LogP contribution in [0.1, 0.15) is 15.9 Å². The van der Waals surface area contributed by atoms with Gasteiger partial charge in [-0.05, 0) is 18.2 Å². The lowest BCUT2D eigenvalue weighted by Crippen LogP contribution is -2.05. The number of benzene rings is 2. The van der Waals surface area contributed by atoms with Crippen LogP contribution >= 0.6 is 0 Å². The molecule has 2 aromatic carbocycles. The Morgan fingerprint density at radius 3 is 2.72 bits per heavy atom. The minimum absolute atomic E-state index is 0.0204. The number of nitro groups is 1. The predicted octanol–water partition coefficient (Wildman–Crippen LogP) is 2.79. The van der Waals surface area contributed by atoms with E-state index in [9.17, 15) is 14.9 Å². The zero-order valence-electron chi connectivity index (χ0n) is 13.6. The van der Waals surface area contributed by atoms with Gasteiger partial charge in [-0.25, -0.2) is 4.79 Å². The van der Waals surface area contributed by atoms with Crippen LogP contribution in [0.3, 0.4) is 0 Å². The lowest BCUT2D eigenvalue weighted by molar-refractivity contribution is -0.384. The van der Waals surface area contributed by atoms with Crippen molar-refractivity contribution in [1.82, 2.24) is 9.78 Å². The number of aromatic nitrogens is 2. The first-order valence-electron chi connectivity index (χ1n) is 7.38. The van der Waals surface area contributed by atoms with E-state index in [2.05, 4.69) is 5.10 Å². The van der Waals surface area contributed by atoms with Gasteiger partial charge in [0, 0.05) is 29.3 Å². The Bertz CT molecular complexity index is 964. The first-order valence-corrected chi connectivity index (χ1v) is 7.38. The number of nitrogens with zero attached hydrogens (tertiary/aromatic N) is 3. The summed E-state index contributed by atoms with van der Waals surface area (Å²) in [5.41, 5.74) is 1.89. The molecular weight excluding hydrogens is 326 g/mol. The fraction of sp³-hybridized carbons (Fsp3) is 0.176. The predicted molar refractivity (Wildman–Crippen MR) is 89.8 cm³/mol. The van der Waals surface area contributed by atoms with Gasteiger partial charge >= 0.3 is 5.97 Å². The first-order chi connectivity index (χ1) is 12.0. The van der Waals surface area contributed by atoms with Crippen molar-refractivity contribution in [1.29, 1.82) is 0 Å². The van der Waals surface area contributed by atoms with Gasteiger partial charge in [-0.2, -0.15) is 5.10 Å². The average Bonchev–Trinajstić information content (AvgIpc) is 3.02. The Kier molecular flexibility index (Phi) is 4.34. The minimum atomic E-state index is -0.443. The summed E-state index contributed by atoms with van der Waals surface area (Å²) in [7, 11) is 2.83. The molecule has 1 heterocycles. The number of methoxy groups -OCH3 is 2. The van der Waals surface area contributed by atoms with Gasteiger partial charge in [0.1, 0.15) is 5.75 Å². The van der Waals surface area contributed by atoms with Crippen molar-refractivity contribution in [3.63, 3.8) is 0 Å². The monoisotopic (exact) mass is 341 g/mol. The summed E-state index contributed by atoms with van der Waals surface area (Å²) < 4.78 is 11.7. The molecule has 0 saturated heterocycles. The molecule has 0 aliphatic carbocycles. The third kappa shape index (κ3) is 3.27. The molecule has 8 nitrogen and oxygen atoms in total. The summed E-state index contributed by atoms with van der Waals surface area (Å²) in [4.78, 5) is 22.0. The zero-order chi connectivity index (χ0) is 18.0. The van der Waals surface area contributed by atoms with Crippen molar-refractivity contribution in [2.45, 2.75) is 6.54 Å². The number of esters is 1. The lowest BCUT2D eigenvalue weighted by atomic mass is 10.1. The van der Waals surface area contributed by atoms with Crippen LogP contribution in [-0.4, -0.2) is 34.9 Å². The summed E-state index contributed by atoms with van der Waals surface area (Å²) in [5, 5.41) is 15.9. The van der Waals surface area contributed by atoms with E-state index < -0.39 is 10.9 Å². The maximum Gasteiger partial charge on any atom is 0.337 e. The quantitative estimate of drug-likeness (QED) is 0.402. The zero-order valence-corrected chi connectivity index (χ0v) is 13.6. The lowest BCUT2D eigenvalue weighted by Gasteiger charge is -2.10. The largest absolute Gasteiger partial charge is 0.496 e. The van der Waals surface area contributed by atoms with E-state index in [-0.39, 0.29) is 5.69 Å². The molecule has 0 radical (unpaired) electrons. The third-order valence-corrected chi connectivity index (χ3v) is 3.79. The van der Waals surface area contributed by atoms with Gasteiger partial charge < -0.3 is 9.47 Å². The molecule has 3 aromatic rings. The molecule has 8 heteroatoms. The number of nitro benzene ring substituents is 1. The highest BCUT2D eigenvalue weighted by atomic mass is 16.6. The SMILES string of the molecule is COC(=O)c1ccc(Cn2cc3cc([N+](=O)[O-])ccc3n2)c(OC)c1. The number of fused-ring (bicyclic) bond motifs is 1. The number of rotatable bonds is 5. The fourth-order valence-corrected chi connectivity index (χ4v) is 2.55. The standard InChI is InChI=1S/C17H15N3O5/c1-24-16-8-11(17(21)25-2)3-4-12(16)9-19-10-13-7-14(20(22)23)5-6-15(13)18-19/h3-8,10H,9H2,1-2H3. The van der Waals surface area contributed by atoms with E-state index in [1.807, 2.05) is 0 Å². The Morgan fingerprint density at radius 2 is 2.04 bits per heavy atom. The number of carbonyl (C=O) groups excluding carboxylic acids is 1.